The third-order valence-corrected chi connectivity index (χ3v) is 6.44. The summed E-state index contributed by atoms with van der Waals surface area (Å²) in [5, 5.41) is 0. The van der Waals surface area contributed by atoms with Crippen LogP contribution in [0.25, 0.3) is 0 Å². The van der Waals surface area contributed by atoms with Crippen LogP contribution in [0.15, 0.2) is 24.3 Å². The summed E-state index contributed by atoms with van der Waals surface area (Å²) in [5.74, 6) is 1.50. The second kappa shape index (κ2) is 11.0. The Labute approximate surface area is 180 Å². The normalized spacial score (nSPS) is 24.1. The van der Waals surface area contributed by atoms with Gasteiger partial charge < -0.3 is 9.47 Å². The summed E-state index contributed by atoms with van der Waals surface area (Å²) < 4.78 is 12.1. The van der Waals surface area contributed by atoms with Gasteiger partial charge in [0.15, 0.2) is 6.29 Å². The van der Waals surface area contributed by atoms with Crippen molar-refractivity contribution in [1.82, 2.24) is 0 Å². The summed E-state index contributed by atoms with van der Waals surface area (Å²) in [7, 11) is 0. The van der Waals surface area contributed by atoms with Crippen molar-refractivity contribution in [2.45, 2.75) is 105 Å². The number of hydrogen-bond acceptors (Lipinski definition) is 2. The second-order valence-electron chi connectivity index (χ2n) is 11.3. The summed E-state index contributed by atoms with van der Waals surface area (Å²) in [6.07, 6.45) is 8.40. The van der Waals surface area contributed by atoms with Crippen molar-refractivity contribution in [2.24, 2.45) is 17.3 Å². The van der Waals surface area contributed by atoms with E-state index in [1.807, 2.05) is 0 Å². The smallest absolute Gasteiger partial charge is 0.157 e. The van der Waals surface area contributed by atoms with Crippen LogP contribution in [-0.4, -0.2) is 19.5 Å². The van der Waals surface area contributed by atoms with E-state index < -0.39 is 0 Å². The Balaban J connectivity index is 1.66. The van der Waals surface area contributed by atoms with Crippen LogP contribution < -0.4 is 0 Å². The molecule has 29 heavy (non-hydrogen) atoms. The fourth-order valence-corrected chi connectivity index (χ4v) is 4.01. The maximum atomic E-state index is 6.05. The lowest BCUT2D eigenvalue weighted by Crippen LogP contribution is -2.40. The van der Waals surface area contributed by atoms with Crippen molar-refractivity contribution in [1.29, 1.82) is 0 Å². The minimum Gasteiger partial charge on any atom is -0.352 e. The van der Waals surface area contributed by atoms with Gasteiger partial charge in [0, 0.05) is 5.41 Å². The molecular formula is C27H46O2. The Morgan fingerprint density at radius 1 is 0.966 bits per heavy atom. The zero-order chi connectivity index (χ0) is 21.5. The summed E-state index contributed by atoms with van der Waals surface area (Å²) >= 11 is 0. The second-order valence-corrected chi connectivity index (χ2v) is 11.3. The molecule has 1 heterocycles. The van der Waals surface area contributed by atoms with Crippen LogP contribution in [0.5, 0.6) is 0 Å². The molecule has 1 saturated heterocycles. The van der Waals surface area contributed by atoms with Crippen LogP contribution in [0.3, 0.4) is 0 Å². The van der Waals surface area contributed by atoms with Crippen molar-refractivity contribution in [3.63, 3.8) is 0 Å². The van der Waals surface area contributed by atoms with E-state index in [4.69, 9.17) is 9.47 Å². The fraction of sp³-hybridized carbons (Fsp3) is 0.778. The van der Waals surface area contributed by atoms with Crippen LogP contribution in [0.1, 0.15) is 98.1 Å². The molecule has 166 valence electrons. The van der Waals surface area contributed by atoms with Crippen LogP contribution in [0.2, 0.25) is 0 Å². The van der Waals surface area contributed by atoms with Gasteiger partial charge in [-0.3, -0.25) is 0 Å². The molecule has 0 N–H and O–H groups in total. The van der Waals surface area contributed by atoms with Gasteiger partial charge in [-0.15, -0.1) is 0 Å². The fourth-order valence-electron chi connectivity index (χ4n) is 4.01. The van der Waals surface area contributed by atoms with Crippen molar-refractivity contribution >= 4 is 0 Å². The molecule has 0 saturated carbocycles. The Hall–Kier alpha value is -0.860. The van der Waals surface area contributed by atoms with E-state index in [0.717, 1.165) is 31.5 Å². The van der Waals surface area contributed by atoms with Gasteiger partial charge in [0.2, 0.25) is 0 Å². The first-order valence-electron chi connectivity index (χ1n) is 11.9. The lowest BCUT2D eigenvalue weighted by molar-refractivity contribution is -0.230. The van der Waals surface area contributed by atoms with E-state index >= 15 is 0 Å². The first kappa shape index (κ1) is 24.4. The van der Waals surface area contributed by atoms with Crippen LogP contribution in [0.4, 0.5) is 0 Å². The first-order valence-corrected chi connectivity index (χ1v) is 11.9. The van der Waals surface area contributed by atoms with Crippen LogP contribution in [0, 0.1) is 17.3 Å². The van der Waals surface area contributed by atoms with Crippen molar-refractivity contribution < 1.29 is 9.47 Å². The molecule has 2 nitrogen and oxygen atoms in total. The molecule has 1 aromatic carbocycles. The highest BCUT2D eigenvalue weighted by molar-refractivity contribution is 5.27. The van der Waals surface area contributed by atoms with Gasteiger partial charge >= 0.3 is 0 Å². The SMILES string of the molecule is CC(C)CCCC1OCC(C)(CCC(C)CCc2ccc(C(C)(C)C)cc2)CO1. The average Bonchev–Trinajstić information content (AvgIpc) is 2.66. The Morgan fingerprint density at radius 2 is 1.59 bits per heavy atom. The van der Waals surface area contributed by atoms with Crippen molar-refractivity contribution in [3.8, 4) is 0 Å². The third-order valence-electron chi connectivity index (χ3n) is 6.44. The quantitative estimate of drug-likeness (QED) is 0.402. The molecule has 0 aliphatic carbocycles. The average molecular weight is 403 g/mol. The molecule has 0 spiro atoms. The summed E-state index contributed by atoms with van der Waals surface area (Å²) in [6.45, 7) is 17.8. The third kappa shape index (κ3) is 8.80. The highest BCUT2D eigenvalue weighted by atomic mass is 16.7. The number of rotatable bonds is 10. The van der Waals surface area contributed by atoms with E-state index in [1.165, 1.54) is 49.7 Å². The molecule has 0 amide bonds. The van der Waals surface area contributed by atoms with Gasteiger partial charge in [-0.2, -0.15) is 0 Å². The minimum absolute atomic E-state index is 0.0234. The molecule has 0 radical (unpaired) electrons. The number of hydrogen-bond donors (Lipinski definition) is 0. The number of benzene rings is 1. The molecule has 1 aromatic rings. The Bertz CT molecular complexity index is 574. The molecule has 1 fully saturated rings. The number of ether oxygens (including phenoxy) is 2. The lowest BCUT2D eigenvalue weighted by Gasteiger charge is -2.38. The van der Waals surface area contributed by atoms with Gasteiger partial charge in [-0.05, 0) is 60.5 Å². The predicted molar refractivity (Wildman–Crippen MR) is 124 cm³/mol. The Morgan fingerprint density at radius 3 is 2.14 bits per heavy atom. The van der Waals surface area contributed by atoms with E-state index in [9.17, 15) is 0 Å². The zero-order valence-corrected chi connectivity index (χ0v) is 20.2. The first-order chi connectivity index (χ1) is 13.6. The highest BCUT2D eigenvalue weighted by Gasteiger charge is 2.32. The molecule has 1 aliphatic heterocycles. The van der Waals surface area contributed by atoms with E-state index in [1.54, 1.807) is 0 Å². The summed E-state index contributed by atoms with van der Waals surface area (Å²) in [6, 6.07) is 9.23. The number of aryl methyl sites for hydroxylation is 1. The highest BCUT2D eigenvalue weighted by Crippen LogP contribution is 2.33. The predicted octanol–water partition coefficient (Wildman–Crippen LogP) is 7.54. The molecule has 1 aliphatic rings. The molecule has 2 rings (SSSR count). The van der Waals surface area contributed by atoms with E-state index in [-0.39, 0.29) is 17.1 Å². The monoisotopic (exact) mass is 402 g/mol. The van der Waals surface area contributed by atoms with Gasteiger partial charge in [-0.25, -0.2) is 0 Å². The van der Waals surface area contributed by atoms with Gasteiger partial charge in [0.25, 0.3) is 0 Å². The minimum atomic E-state index is 0.0234. The topological polar surface area (TPSA) is 18.5 Å². The standard InChI is InChI=1S/C27H46O2/c1-21(2)9-8-10-25-28-19-27(7,20-29-25)18-17-22(3)11-12-23-13-15-24(16-14-23)26(4,5)6/h13-16,21-22,25H,8-12,17-20H2,1-7H3. The molecule has 1 atom stereocenters. The molecule has 1 unspecified atom stereocenters. The molecule has 2 heteroatoms. The van der Waals surface area contributed by atoms with E-state index in [0.29, 0.717) is 0 Å². The maximum Gasteiger partial charge on any atom is 0.157 e. The lowest BCUT2D eigenvalue weighted by atomic mass is 9.82. The maximum absolute atomic E-state index is 6.05. The van der Waals surface area contributed by atoms with Crippen LogP contribution in [-0.2, 0) is 21.3 Å². The molecular weight excluding hydrogens is 356 g/mol. The summed E-state index contributed by atoms with van der Waals surface area (Å²) in [4.78, 5) is 0. The van der Waals surface area contributed by atoms with Crippen molar-refractivity contribution in [2.75, 3.05) is 13.2 Å². The van der Waals surface area contributed by atoms with Crippen molar-refractivity contribution in [3.05, 3.63) is 35.4 Å². The largest absolute Gasteiger partial charge is 0.352 e. The molecule has 0 aromatic heterocycles. The Kier molecular flexibility index (Phi) is 9.22. The molecule has 0 bridgehead atoms. The summed E-state index contributed by atoms with van der Waals surface area (Å²) in [5.41, 5.74) is 3.29. The van der Waals surface area contributed by atoms with E-state index in [2.05, 4.69) is 72.7 Å². The van der Waals surface area contributed by atoms with Gasteiger partial charge in [0.05, 0.1) is 13.2 Å². The van der Waals surface area contributed by atoms with Crippen LogP contribution >= 0.6 is 0 Å². The van der Waals surface area contributed by atoms with Gasteiger partial charge in [-0.1, -0.05) is 85.6 Å². The van der Waals surface area contributed by atoms with Gasteiger partial charge in [0.1, 0.15) is 0 Å². The zero-order valence-electron chi connectivity index (χ0n) is 20.2.